The van der Waals surface area contributed by atoms with Crippen LogP contribution in [0.1, 0.15) is 22.3 Å². The molecule has 4 rings (SSSR count). The van der Waals surface area contributed by atoms with Gasteiger partial charge >= 0.3 is 0 Å². The van der Waals surface area contributed by atoms with Crippen LogP contribution in [-0.4, -0.2) is 52.3 Å². The molecule has 33 heavy (non-hydrogen) atoms. The average molecular weight is 445 g/mol. The Labute approximate surface area is 193 Å². The molecular weight excluding hydrogens is 416 g/mol. The van der Waals surface area contributed by atoms with E-state index in [1.807, 2.05) is 29.1 Å². The molecule has 1 aromatic heterocycles. The van der Waals surface area contributed by atoms with Crippen molar-refractivity contribution in [2.75, 3.05) is 19.7 Å². The zero-order chi connectivity index (χ0) is 23.4. The smallest absolute Gasteiger partial charge is 0.248 e. The summed E-state index contributed by atoms with van der Waals surface area (Å²) in [5.74, 6) is -0.748. The Bertz CT molecular complexity index is 1180. The summed E-state index contributed by atoms with van der Waals surface area (Å²) in [6.07, 6.45) is 4.50. The summed E-state index contributed by atoms with van der Waals surface area (Å²) in [5.41, 5.74) is 11.5. The maximum atomic E-state index is 12.8. The molecule has 2 N–H and O–H groups in total. The zero-order valence-electron chi connectivity index (χ0n) is 18.9. The highest BCUT2D eigenvalue weighted by Crippen LogP contribution is 2.26. The van der Waals surface area contributed by atoms with Gasteiger partial charge in [0.05, 0.1) is 25.4 Å². The number of aryl methyl sites for hydroxylation is 2. The van der Waals surface area contributed by atoms with Gasteiger partial charge in [-0.25, -0.2) is 0 Å². The van der Waals surface area contributed by atoms with Crippen molar-refractivity contribution >= 4 is 17.9 Å². The van der Waals surface area contributed by atoms with E-state index in [2.05, 4.69) is 44.2 Å². The van der Waals surface area contributed by atoms with Crippen LogP contribution in [0.25, 0.3) is 17.3 Å². The number of rotatable bonds is 6. The van der Waals surface area contributed by atoms with E-state index in [0.717, 1.165) is 22.4 Å². The second-order valence-corrected chi connectivity index (χ2v) is 8.29. The number of primary amides is 1. The third-order valence-electron chi connectivity index (χ3n) is 5.86. The van der Waals surface area contributed by atoms with Crippen LogP contribution < -0.4 is 5.73 Å². The van der Waals surface area contributed by atoms with Crippen LogP contribution in [0.15, 0.2) is 60.8 Å². The average Bonchev–Trinajstić information content (AvgIpc) is 3.22. The first-order valence-corrected chi connectivity index (χ1v) is 11.0. The Morgan fingerprint density at radius 3 is 2.67 bits per heavy atom. The normalized spacial score (nSPS) is 16.3. The van der Waals surface area contributed by atoms with Gasteiger partial charge in [-0.05, 0) is 42.7 Å². The molecule has 1 unspecified atom stereocenters. The number of nitrogens with zero attached hydrogens (tertiary/aromatic N) is 3. The summed E-state index contributed by atoms with van der Waals surface area (Å²) in [5, 5.41) is 4.83. The lowest BCUT2D eigenvalue weighted by molar-refractivity contribution is -0.142. The van der Waals surface area contributed by atoms with Gasteiger partial charge < -0.3 is 15.4 Å². The lowest BCUT2D eigenvalue weighted by Crippen LogP contribution is -2.50. The fourth-order valence-corrected chi connectivity index (χ4v) is 3.81. The van der Waals surface area contributed by atoms with Crippen molar-refractivity contribution in [3.8, 4) is 11.3 Å². The van der Waals surface area contributed by atoms with Crippen LogP contribution in [0.5, 0.6) is 0 Å². The Morgan fingerprint density at radius 1 is 1.15 bits per heavy atom. The van der Waals surface area contributed by atoms with E-state index in [9.17, 15) is 9.59 Å². The molecule has 0 bridgehead atoms. The number of nitrogens with two attached hydrogens (primary N) is 1. The predicted octanol–water partition coefficient (Wildman–Crippen LogP) is 2.94. The molecule has 1 fully saturated rings. The molecule has 3 aromatic rings. The Morgan fingerprint density at radius 2 is 1.94 bits per heavy atom. The van der Waals surface area contributed by atoms with Gasteiger partial charge in [0.15, 0.2) is 6.10 Å². The number of hydrogen-bond donors (Lipinski definition) is 1. The first kappa shape index (κ1) is 22.5. The van der Waals surface area contributed by atoms with Gasteiger partial charge in [-0.1, -0.05) is 42.5 Å². The number of carbonyl (C=O) groups is 2. The number of benzene rings is 2. The number of hydrogen-bond acceptors (Lipinski definition) is 4. The molecule has 2 heterocycles. The molecule has 2 amide bonds. The molecule has 0 radical (unpaired) electrons. The fourth-order valence-electron chi connectivity index (χ4n) is 3.81. The van der Waals surface area contributed by atoms with E-state index in [0.29, 0.717) is 13.1 Å². The standard InChI is InChI=1S/C26H28N4O3/c1-18-8-9-21(14-19(18)2)25-22(16-30(28-25)15-20-6-4-3-5-7-20)10-11-24(31)29-12-13-33-23(17-29)26(27)32/h3-11,14,16,23H,12-13,15,17H2,1-2H3,(H2,27,32)/b11-10+. The van der Waals surface area contributed by atoms with Crippen molar-refractivity contribution in [2.45, 2.75) is 26.5 Å². The fraction of sp³-hybridized carbons (Fsp3) is 0.269. The molecule has 0 aliphatic carbocycles. The summed E-state index contributed by atoms with van der Waals surface area (Å²) in [4.78, 5) is 25.8. The highest BCUT2D eigenvalue weighted by Gasteiger charge is 2.26. The number of aromatic nitrogens is 2. The van der Waals surface area contributed by atoms with Gasteiger partial charge in [0, 0.05) is 29.9 Å². The molecule has 1 saturated heterocycles. The quantitative estimate of drug-likeness (QED) is 0.592. The minimum absolute atomic E-state index is 0.162. The van der Waals surface area contributed by atoms with E-state index in [4.69, 9.17) is 15.6 Å². The maximum Gasteiger partial charge on any atom is 0.248 e. The SMILES string of the molecule is Cc1ccc(-c2nn(Cc3ccccc3)cc2/C=C/C(=O)N2CCOC(C(N)=O)C2)cc1C. The third kappa shape index (κ3) is 5.38. The highest BCUT2D eigenvalue weighted by atomic mass is 16.5. The first-order chi connectivity index (χ1) is 15.9. The van der Waals surface area contributed by atoms with Gasteiger partial charge in [0.2, 0.25) is 11.8 Å². The molecule has 170 valence electrons. The van der Waals surface area contributed by atoms with Gasteiger partial charge in [0.25, 0.3) is 0 Å². The largest absolute Gasteiger partial charge is 0.367 e. The van der Waals surface area contributed by atoms with Crippen molar-refractivity contribution in [2.24, 2.45) is 5.73 Å². The van der Waals surface area contributed by atoms with E-state index >= 15 is 0 Å². The Balaban J connectivity index is 1.61. The van der Waals surface area contributed by atoms with Crippen molar-refractivity contribution in [3.05, 3.63) is 83.1 Å². The van der Waals surface area contributed by atoms with Crippen LogP contribution in [-0.2, 0) is 20.9 Å². The van der Waals surface area contributed by atoms with Crippen LogP contribution in [0.2, 0.25) is 0 Å². The minimum atomic E-state index is -0.768. The number of carbonyl (C=O) groups excluding carboxylic acids is 2. The second-order valence-electron chi connectivity index (χ2n) is 8.29. The van der Waals surface area contributed by atoms with Gasteiger partial charge in [-0.15, -0.1) is 0 Å². The van der Waals surface area contributed by atoms with Crippen molar-refractivity contribution < 1.29 is 14.3 Å². The van der Waals surface area contributed by atoms with Gasteiger partial charge in [0.1, 0.15) is 0 Å². The number of morpholine rings is 1. The van der Waals surface area contributed by atoms with Crippen LogP contribution in [0.4, 0.5) is 0 Å². The lowest BCUT2D eigenvalue weighted by atomic mass is 10.0. The van der Waals surface area contributed by atoms with Gasteiger partial charge in [-0.3, -0.25) is 14.3 Å². The number of ether oxygens (including phenoxy) is 1. The minimum Gasteiger partial charge on any atom is -0.367 e. The highest BCUT2D eigenvalue weighted by molar-refractivity contribution is 5.93. The molecule has 2 aromatic carbocycles. The molecule has 0 saturated carbocycles. The van der Waals surface area contributed by atoms with Crippen molar-refractivity contribution in [1.29, 1.82) is 0 Å². The van der Waals surface area contributed by atoms with E-state index in [1.54, 1.807) is 11.0 Å². The molecule has 1 atom stereocenters. The maximum absolute atomic E-state index is 12.8. The lowest BCUT2D eigenvalue weighted by Gasteiger charge is -2.30. The van der Waals surface area contributed by atoms with E-state index in [1.165, 1.54) is 17.2 Å². The topological polar surface area (TPSA) is 90.4 Å². The Kier molecular flexibility index (Phi) is 6.70. The molecule has 7 heteroatoms. The predicted molar refractivity (Wildman–Crippen MR) is 127 cm³/mol. The molecule has 1 aliphatic heterocycles. The summed E-state index contributed by atoms with van der Waals surface area (Å²) in [6.45, 7) is 5.65. The summed E-state index contributed by atoms with van der Waals surface area (Å²) in [6, 6.07) is 16.4. The zero-order valence-corrected chi connectivity index (χ0v) is 18.9. The first-order valence-electron chi connectivity index (χ1n) is 11.0. The van der Waals surface area contributed by atoms with Crippen molar-refractivity contribution in [3.63, 3.8) is 0 Å². The molecule has 7 nitrogen and oxygen atoms in total. The summed E-state index contributed by atoms with van der Waals surface area (Å²) >= 11 is 0. The molecule has 0 spiro atoms. The Hall–Kier alpha value is -3.71. The molecule has 1 aliphatic rings. The summed E-state index contributed by atoms with van der Waals surface area (Å²) < 4.78 is 7.23. The third-order valence-corrected chi connectivity index (χ3v) is 5.86. The van der Waals surface area contributed by atoms with Crippen LogP contribution >= 0.6 is 0 Å². The molecular formula is C26H28N4O3. The summed E-state index contributed by atoms with van der Waals surface area (Å²) in [7, 11) is 0. The van der Waals surface area contributed by atoms with Crippen molar-refractivity contribution in [1.82, 2.24) is 14.7 Å². The van der Waals surface area contributed by atoms with E-state index in [-0.39, 0.29) is 19.1 Å². The van der Waals surface area contributed by atoms with Gasteiger partial charge in [-0.2, -0.15) is 5.10 Å². The second kappa shape index (κ2) is 9.83. The number of amides is 2. The monoisotopic (exact) mass is 444 g/mol. The van der Waals surface area contributed by atoms with Crippen LogP contribution in [0.3, 0.4) is 0 Å². The van der Waals surface area contributed by atoms with E-state index < -0.39 is 12.0 Å². The van der Waals surface area contributed by atoms with Crippen LogP contribution in [0, 0.1) is 13.8 Å².